The standard InChI is InChI=1S/C12H13N3O/c1-12(8-13,14-9-16)10-4-6-11(7-5-10)15(2)3/h4-7H,1-3H3. The number of isocyanates is 1. The van der Waals surface area contributed by atoms with Crippen molar-refractivity contribution in [1.29, 1.82) is 5.26 Å². The summed E-state index contributed by atoms with van der Waals surface area (Å²) in [4.78, 5) is 15.8. The Morgan fingerprint density at radius 3 is 2.25 bits per heavy atom. The Morgan fingerprint density at radius 1 is 1.31 bits per heavy atom. The predicted octanol–water partition coefficient (Wildman–Crippen LogP) is 1.83. The Balaban J connectivity index is 3.15. The largest absolute Gasteiger partial charge is 0.378 e. The second kappa shape index (κ2) is 4.61. The molecule has 0 saturated carbocycles. The van der Waals surface area contributed by atoms with Gasteiger partial charge in [0.2, 0.25) is 6.08 Å². The van der Waals surface area contributed by atoms with Gasteiger partial charge >= 0.3 is 0 Å². The fraction of sp³-hybridized carbons (Fsp3) is 0.333. The van der Waals surface area contributed by atoms with E-state index >= 15 is 0 Å². The third kappa shape index (κ3) is 2.28. The predicted molar refractivity (Wildman–Crippen MR) is 61.9 cm³/mol. The second-order valence-corrected chi connectivity index (χ2v) is 3.83. The van der Waals surface area contributed by atoms with Crippen LogP contribution in [-0.4, -0.2) is 20.2 Å². The van der Waals surface area contributed by atoms with Gasteiger partial charge in [-0.3, -0.25) is 0 Å². The summed E-state index contributed by atoms with van der Waals surface area (Å²) in [7, 11) is 3.87. The van der Waals surface area contributed by atoms with E-state index in [1.54, 1.807) is 19.1 Å². The normalized spacial score (nSPS) is 13.1. The summed E-state index contributed by atoms with van der Waals surface area (Å²) in [6.45, 7) is 1.59. The average molecular weight is 215 g/mol. The quantitative estimate of drug-likeness (QED) is 0.571. The summed E-state index contributed by atoms with van der Waals surface area (Å²) in [6, 6.07) is 9.34. The Morgan fingerprint density at radius 2 is 1.88 bits per heavy atom. The highest BCUT2D eigenvalue weighted by atomic mass is 16.1. The molecule has 4 heteroatoms. The van der Waals surface area contributed by atoms with E-state index in [-0.39, 0.29) is 0 Å². The lowest BCUT2D eigenvalue weighted by Crippen LogP contribution is -2.16. The van der Waals surface area contributed by atoms with E-state index in [0.717, 1.165) is 5.69 Å². The molecule has 0 aliphatic rings. The third-order valence-corrected chi connectivity index (χ3v) is 2.43. The monoisotopic (exact) mass is 215 g/mol. The van der Waals surface area contributed by atoms with Crippen LogP contribution in [0.2, 0.25) is 0 Å². The zero-order valence-electron chi connectivity index (χ0n) is 9.56. The number of benzene rings is 1. The van der Waals surface area contributed by atoms with E-state index in [1.165, 1.54) is 6.08 Å². The van der Waals surface area contributed by atoms with Gasteiger partial charge in [-0.2, -0.15) is 10.3 Å². The third-order valence-electron chi connectivity index (χ3n) is 2.43. The van der Waals surface area contributed by atoms with Gasteiger partial charge in [0.1, 0.15) is 0 Å². The molecule has 1 atom stereocenters. The lowest BCUT2D eigenvalue weighted by atomic mass is 9.94. The summed E-state index contributed by atoms with van der Waals surface area (Å²) < 4.78 is 0. The van der Waals surface area contributed by atoms with Crippen molar-refractivity contribution in [2.24, 2.45) is 4.99 Å². The van der Waals surface area contributed by atoms with Gasteiger partial charge in [0, 0.05) is 19.8 Å². The van der Waals surface area contributed by atoms with Gasteiger partial charge < -0.3 is 4.90 Å². The van der Waals surface area contributed by atoms with Gasteiger partial charge in [-0.25, -0.2) is 4.79 Å². The maximum Gasteiger partial charge on any atom is 0.236 e. The number of aliphatic imine (C=N–C) groups is 1. The Kier molecular flexibility index (Phi) is 3.44. The molecule has 0 amide bonds. The highest BCUT2D eigenvalue weighted by Crippen LogP contribution is 2.25. The van der Waals surface area contributed by atoms with Crippen LogP contribution in [0.1, 0.15) is 12.5 Å². The molecule has 0 radical (unpaired) electrons. The van der Waals surface area contributed by atoms with Crippen LogP contribution >= 0.6 is 0 Å². The number of carbonyl (C=O) groups excluding carboxylic acids is 1. The number of nitrogens with zero attached hydrogens (tertiary/aromatic N) is 3. The van der Waals surface area contributed by atoms with Crippen molar-refractivity contribution in [3.05, 3.63) is 29.8 Å². The first kappa shape index (κ1) is 12.0. The van der Waals surface area contributed by atoms with Crippen LogP contribution < -0.4 is 4.90 Å². The summed E-state index contributed by atoms with van der Waals surface area (Å²) in [5.41, 5.74) is 0.565. The fourth-order valence-corrected chi connectivity index (χ4v) is 1.33. The number of rotatable bonds is 3. The molecule has 0 bridgehead atoms. The molecule has 0 N–H and O–H groups in total. The van der Waals surface area contributed by atoms with E-state index in [0.29, 0.717) is 5.56 Å². The molecule has 0 heterocycles. The van der Waals surface area contributed by atoms with E-state index in [1.807, 2.05) is 37.2 Å². The van der Waals surface area contributed by atoms with E-state index in [4.69, 9.17) is 5.26 Å². The van der Waals surface area contributed by atoms with Crippen LogP contribution in [0, 0.1) is 11.3 Å². The molecule has 0 aliphatic heterocycles. The van der Waals surface area contributed by atoms with Crippen LogP contribution in [0.5, 0.6) is 0 Å². The molecule has 0 aromatic heterocycles. The summed E-state index contributed by atoms with van der Waals surface area (Å²) in [5.74, 6) is 0. The Labute approximate surface area is 94.8 Å². The SMILES string of the molecule is CN(C)c1ccc(C(C)(C#N)N=C=O)cc1. The zero-order valence-corrected chi connectivity index (χ0v) is 9.56. The highest BCUT2D eigenvalue weighted by molar-refractivity contribution is 5.49. The molecule has 82 valence electrons. The van der Waals surface area contributed by atoms with Gasteiger partial charge in [-0.15, -0.1) is 0 Å². The Hall–Kier alpha value is -2.11. The molecule has 0 saturated heterocycles. The van der Waals surface area contributed by atoms with Gasteiger partial charge in [-0.05, 0) is 24.6 Å². The van der Waals surface area contributed by atoms with Crippen LogP contribution in [0.25, 0.3) is 0 Å². The summed E-state index contributed by atoms with van der Waals surface area (Å²) >= 11 is 0. The minimum Gasteiger partial charge on any atom is -0.378 e. The maximum absolute atomic E-state index is 10.3. The van der Waals surface area contributed by atoms with Gasteiger partial charge in [-0.1, -0.05) is 12.1 Å². The molecule has 1 aromatic carbocycles. The molecular formula is C12H13N3O. The number of nitriles is 1. The van der Waals surface area contributed by atoms with Gasteiger partial charge in [0.15, 0.2) is 5.54 Å². The minimum atomic E-state index is -1.15. The molecule has 1 unspecified atom stereocenters. The van der Waals surface area contributed by atoms with Crippen molar-refractivity contribution < 1.29 is 4.79 Å². The Bertz CT molecular complexity index is 452. The van der Waals surface area contributed by atoms with Crippen LogP contribution in [0.3, 0.4) is 0 Å². The second-order valence-electron chi connectivity index (χ2n) is 3.83. The highest BCUT2D eigenvalue weighted by Gasteiger charge is 2.25. The minimum absolute atomic E-state index is 0.684. The maximum atomic E-state index is 10.3. The smallest absolute Gasteiger partial charge is 0.236 e. The van der Waals surface area contributed by atoms with Crippen LogP contribution in [-0.2, 0) is 10.3 Å². The molecular weight excluding hydrogens is 202 g/mol. The van der Waals surface area contributed by atoms with E-state index < -0.39 is 5.54 Å². The molecule has 0 aliphatic carbocycles. The molecule has 16 heavy (non-hydrogen) atoms. The zero-order chi connectivity index (χ0) is 12.2. The number of hydrogen-bond donors (Lipinski definition) is 0. The van der Waals surface area contributed by atoms with Crippen molar-refractivity contribution in [3.8, 4) is 6.07 Å². The first-order valence-electron chi connectivity index (χ1n) is 4.81. The summed E-state index contributed by atoms with van der Waals surface area (Å²) in [6.07, 6.45) is 1.44. The van der Waals surface area contributed by atoms with Crippen LogP contribution in [0.15, 0.2) is 29.3 Å². The van der Waals surface area contributed by atoms with Crippen molar-refractivity contribution in [1.82, 2.24) is 0 Å². The number of hydrogen-bond acceptors (Lipinski definition) is 4. The summed E-state index contributed by atoms with van der Waals surface area (Å²) in [5, 5.41) is 9.02. The van der Waals surface area contributed by atoms with E-state index in [2.05, 4.69) is 4.99 Å². The number of anilines is 1. The first-order valence-corrected chi connectivity index (χ1v) is 4.81. The lowest BCUT2D eigenvalue weighted by Gasteiger charge is -2.17. The lowest BCUT2D eigenvalue weighted by molar-refractivity contribution is 0.549. The van der Waals surface area contributed by atoms with Crippen molar-refractivity contribution in [2.45, 2.75) is 12.5 Å². The first-order chi connectivity index (χ1) is 7.53. The molecule has 4 nitrogen and oxygen atoms in total. The van der Waals surface area contributed by atoms with Crippen molar-refractivity contribution >= 4 is 11.8 Å². The average Bonchev–Trinajstić information content (AvgIpc) is 2.29. The van der Waals surface area contributed by atoms with Crippen molar-refractivity contribution in [3.63, 3.8) is 0 Å². The molecule has 0 spiro atoms. The molecule has 1 aromatic rings. The fourth-order valence-electron chi connectivity index (χ4n) is 1.33. The topological polar surface area (TPSA) is 56.5 Å². The molecule has 1 rings (SSSR count). The van der Waals surface area contributed by atoms with Gasteiger partial charge in [0.05, 0.1) is 6.07 Å². The van der Waals surface area contributed by atoms with Gasteiger partial charge in [0.25, 0.3) is 0 Å². The van der Waals surface area contributed by atoms with Crippen molar-refractivity contribution in [2.75, 3.05) is 19.0 Å². The van der Waals surface area contributed by atoms with E-state index in [9.17, 15) is 4.79 Å². The van der Waals surface area contributed by atoms with Crippen LogP contribution in [0.4, 0.5) is 5.69 Å². The molecule has 0 fully saturated rings.